The normalized spacial score (nSPS) is 16.0. The monoisotopic (exact) mass is 311 g/mol. The summed E-state index contributed by atoms with van der Waals surface area (Å²) in [7, 11) is 1.25. The number of rotatable bonds is 4. The molecule has 1 heterocycles. The lowest BCUT2D eigenvalue weighted by Gasteiger charge is -2.49. The molecule has 1 rings (SSSR count). The molecule has 0 aromatic heterocycles. The average molecular weight is 311 g/mol. The van der Waals surface area contributed by atoms with Crippen LogP contribution in [0.4, 0.5) is 4.79 Å². The number of methoxy groups -OCH3 is 1. The van der Waals surface area contributed by atoms with Gasteiger partial charge in [-0.15, -0.1) is 0 Å². The highest BCUT2D eigenvalue weighted by molar-refractivity contribution is 5.81. The number of hydrogen-bond acceptors (Lipinski definition) is 6. The molecule has 1 saturated heterocycles. The van der Waals surface area contributed by atoms with Crippen molar-refractivity contribution >= 4 is 18.0 Å². The predicted molar refractivity (Wildman–Crippen MR) is 75.5 cm³/mol. The van der Waals surface area contributed by atoms with Crippen LogP contribution in [0.25, 0.3) is 0 Å². The maximum absolute atomic E-state index is 11.9. The first-order chi connectivity index (χ1) is 10.1. The van der Waals surface area contributed by atoms with Gasteiger partial charge in [-0.05, 0) is 20.8 Å². The van der Waals surface area contributed by atoms with Gasteiger partial charge in [-0.2, -0.15) is 5.26 Å². The fourth-order valence-corrected chi connectivity index (χ4v) is 2.14. The van der Waals surface area contributed by atoms with Crippen molar-refractivity contribution in [3.8, 4) is 6.07 Å². The summed E-state index contributed by atoms with van der Waals surface area (Å²) in [5.74, 6) is -0.990. The van der Waals surface area contributed by atoms with E-state index in [2.05, 4.69) is 10.1 Å². The highest BCUT2D eigenvalue weighted by atomic mass is 16.6. The highest BCUT2D eigenvalue weighted by Gasteiger charge is 2.49. The topological polar surface area (TPSA) is 109 Å². The lowest BCUT2D eigenvalue weighted by atomic mass is 9.86. The molecule has 122 valence electrons. The Morgan fingerprint density at radius 2 is 1.91 bits per heavy atom. The molecule has 0 unspecified atom stereocenters. The van der Waals surface area contributed by atoms with Gasteiger partial charge in [0.1, 0.15) is 12.0 Å². The number of nitrogens with one attached hydrogen (secondary N) is 1. The van der Waals surface area contributed by atoms with Crippen molar-refractivity contribution in [2.45, 2.75) is 44.8 Å². The van der Waals surface area contributed by atoms with Gasteiger partial charge >= 0.3 is 12.1 Å². The van der Waals surface area contributed by atoms with Gasteiger partial charge in [0.25, 0.3) is 0 Å². The molecular weight excluding hydrogens is 290 g/mol. The van der Waals surface area contributed by atoms with Crippen molar-refractivity contribution in [2.75, 3.05) is 20.2 Å². The van der Waals surface area contributed by atoms with Crippen LogP contribution in [0.2, 0.25) is 0 Å². The molecule has 8 nitrogen and oxygen atoms in total. The predicted octanol–water partition coefficient (Wildman–Crippen LogP) is 0.569. The van der Waals surface area contributed by atoms with Crippen molar-refractivity contribution in [3.63, 3.8) is 0 Å². The van der Waals surface area contributed by atoms with Crippen molar-refractivity contribution < 1.29 is 23.9 Å². The van der Waals surface area contributed by atoms with E-state index in [4.69, 9.17) is 10.00 Å². The number of esters is 1. The average Bonchev–Trinajstić information content (AvgIpc) is 2.32. The Labute approximate surface area is 129 Å². The Hall–Kier alpha value is -2.30. The van der Waals surface area contributed by atoms with E-state index in [1.807, 2.05) is 0 Å². The third-order valence-corrected chi connectivity index (χ3v) is 2.99. The Morgan fingerprint density at radius 3 is 2.36 bits per heavy atom. The molecule has 1 fully saturated rings. The van der Waals surface area contributed by atoms with Gasteiger partial charge < -0.3 is 19.7 Å². The Morgan fingerprint density at radius 1 is 1.32 bits per heavy atom. The SMILES string of the molecule is COC(=O)CC1(NC(=O)CC#N)CN(C(=O)OC(C)(C)C)C1. The number of nitriles is 1. The summed E-state index contributed by atoms with van der Waals surface area (Å²) in [4.78, 5) is 36.4. The van der Waals surface area contributed by atoms with Crippen molar-refractivity contribution in [1.29, 1.82) is 5.26 Å². The van der Waals surface area contributed by atoms with Gasteiger partial charge in [0, 0.05) is 13.1 Å². The molecule has 1 aliphatic heterocycles. The van der Waals surface area contributed by atoms with E-state index in [9.17, 15) is 14.4 Å². The zero-order valence-corrected chi connectivity index (χ0v) is 13.3. The molecule has 0 radical (unpaired) electrons. The second-order valence-corrected chi connectivity index (χ2v) is 6.25. The minimum absolute atomic E-state index is 0.0695. The molecule has 1 aliphatic rings. The summed E-state index contributed by atoms with van der Waals surface area (Å²) in [5, 5.41) is 11.2. The van der Waals surface area contributed by atoms with E-state index in [0.29, 0.717) is 0 Å². The maximum Gasteiger partial charge on any atom is 0.410 e. The summed E-state index contributed by atoms with van der Waals surface area (Å²) >= 11 is 0. The number of ether oxygens (including phenoxy) is 2. The van der Waals surface area contributed by atoms with Crippen LogP contribution >= 0.6 is 0 Å². The molecular formula is C14H21N3O5. The summed E-state index contributed by atoms with van der Waals surface area (Å²) in [6, 6.07) is 1.74. The third-order valence-electron chi connectivity index (χ3n) is 2.99. The van der Waals surface area contributed by atoms with Crippen LogP contribution in [-0.4, -0.2) is 54.2 Å². The number of nitrogens with zero attached hydrogens (tertiary/aromatic N) is 2. The van der Waals surface area contributed by atoms with Gasteiger partial charge in [-0.1, -0.05) is 0 Å². The van der Waals surface area contributed by atoms with E-state index >= 15 is 0 Å². The number of carbonyl (C=O) groups is 3. The smallest absolute Gasteiger partial charge is 0.410 e. The van der Waals surface area contributed by atoms with Gasteiger partial charge in [-0.3, -0.25) is 9.59 Å². The van der Waals surface area contributed by atoms with Crippen molar-refractivity contribution in [2.24, 2.45) is 0 Å². The Bertz CT molecular complexity index is 498. The Balaban J connectivity index is 2.69. The number of carbonyl (C=O) groups excluding carboxylic acids is 3. The molecule has 1 N–H and O–H groups in total. The first kappa shape index (κ1) is 17.8. The third kappa shape index (κ3) is 4.91. The fourth-order valence-electron chi connectivity index (χ4n) is 2.14. The van der Waals surface area contributed by atoms with E-state index in [1.54, 1.807) is 26.8 Å². The largest absolute Gasteiger partial charge is 0.469 e. The van der Waals surface area contributed by atoms with E-state index in [-0.39, 0.29) is 25.9 Å². The molecule has 0 spiro atoms. The molecule has 22 heavy (non-hydrogen) atoms. The van der Waals surface area contributed by atoms with E-state index < -0.39 is 29.1 Å². The van der Waals surface area contributed by atoms with Crippen LogP contribution in [-0.2, 0) is 19.1 Å². The molecule has 0 aromatic rings. The van der Waals surface area contributed by atoms with E-state index in [1.165, 1.54) is 12.0 Å². The van der Waals surface area contributed by atoms with Crippen molar-refractivity contribution in [1.82, 2.24) is 10.2 Å². The molecule has 0 aromatic carbocycles. The molecule has 0 saturated carbocycles. The van der Waals surface area contributed by atoms with Crippen LogP contribution in [0.3, 0.4) is 0 Å². The minimum Gasteiger partial charge on any atom is -0.469 e. The van der Waals surface area contributed by atoms with E-state index in [0.717, 1.165) is 0 Å². The number of hydrogen-bond donors (Lipinski definition) is 1. The zero-order valence-electron chi connectivity index (χ0n) is 13.3. The second-order valence-electron chi connectivity index (χ2n) is 6.25. The lowest BCUT2D eigenvalue weighted by molar-refractivity contribution is -0.145. The lowest BCUT2D eigenvalue weighted by Crippen LogP contribution is -2.72. The second kappa shape index (κ2) is 6.64. The van der Waals surface area contributed by atoms with Crippen LogP contribution in [0.15, 0.2) is 0 Å². The highest BCUT2D eigenvalue weighted by Crippen LogP contribution is 2.27. The molecule has 2 amide bonds. The maximum atomic E-state index is 11.9. The summed E-state index contributed by atoms with van der Waals surface area (Å²) in [6.07, 6.45) is -0.891. The minimum atomic E-state index is -0.905. The molecule has 0 bridgehead atoms. The van der Waals surface area contributed by atoms with Gasteiger partial charge in [0.2, 0.25) is 5.91 Å². The van der Waals surface area contributed by atoms with Crippen LogP contribution < -0.4 is 5.32 Å². The first-order valence-electron chi connectivity index (χ1n) is 6.83. The summed E-state index contributed by atoms with van der Waals surface area (Å²) in [5.41, 5.74) is -1.53. The van der Waals surface area contributed by atoms with Gasteiger partial charge in [0.05, 0.1) is 25.1 Å². The van der Waals surface area contributed by atoms with Crippen LogP contribution in [0.5, 0.6) is 0 Å². The van der Waals surface area contributed by atoms with Gasteiger partial charge in [-0.25, -0.2) is 4.79 Å². The Kier molecular flexibility index (Phi) is 5.36. The quantitative estimate of drug-likeness (QED) is 0.760. The molecule has 8 heteroatoms. The molecule has 0 aliphatic carbocycles. The molecule has 0 atom stereocenters. The number of likely N-dealkylation sites (tertiary alicyclic amines) is 1. The van der Waals surface area contributed by atoms with Crippen molar-refractivity contribution in [3.05, 3.63) is 0 Å². The summed E-state index contributed by atoms with van der Waals surface area (Å²) < 4.78 is 9.83. The number of amides is 2. The zero-order chi connectivity index (χ0) is 17.0. The summed E-state index contributed by atoms with van der Waals surface area (Å²) in [6.45, 7) is 5.52. The first-order valence-corrected chi connectivity index (χ1v) is 6.83. The fraction of sp³-hybridized carbons (Fsp3) is 0.714. The standard InChI is InChI=1S/C14H21N3O5/c1-13(2,3)22-12(20)17-8-14(9-17,7-11(19)21-4)16-10(18)5-6-15/h5,7-9H2,1-4H3,(H,16,18). The van der Waals surface area contributed by atoms with Crippen LogP contribution in [0, 0.1) is 11.3 Å². The van der Waals surface area contributed by atoms with Gasteiger partial charge in [0.15, 0.2) is 0 Å². The van der Waals surface area contributed by atoms with Crippen LogP contribution in [0.1, 0.15) is 33.6 Å².